The fourth-order valence-corrected chi connectivity index (χ4v) is 7.57. The standard InChI is InChI=1S/C35H36F3N3O4S2.2ClH/c1-22-18-27(9-11-30(22)47-34(2,3)33(42)43)45-21-31-28(39-32(46-31)23-4-6-25(7-5-23)35(36,37)38)20-40-13-15-41(16-14-40)26-8-10-29-24(19-26)12-17-44-29;;/h4-11,18-19H,12-17,20-21H2,1-3H3,(H,42,43);2*1H. The minimum atomic E-state index is -4.41. The summed E-state index contributed by atoms with van der Waals surface area (Å²) in [6.07, 6.45) is -3.47. The topological polar surface area (TPSA) is 75.1 Å². The van der Waals surface area contributed by atoms with Crippen LogP contribution in [-0.2, 0) is 30.5 Å². The van der Waals surface area contributed by atoms with Crippen molar-refractivity contribution in [1.82, 2.24) is 9.88 Å². The number of aliphatic carboxylic acids is 1. The second kappa shape index (κ2) is 15.8. The predicted molar refractivity (Wildman–Crippen MR) is 193 cm³/mol. The maximum atomic E-state index is 13.2. The van der Waals surface area contributed by atoms with E-state index in [2.05, 4.69) is 28.0 Å². The number of anilines is 1. The average Bonchev–Trinajstić information content (AvgIpc) is 3.68. The summed E-state index contributed by atoms with van der Waals surface area (Å²) in [7, 11) is 0. The number of thioether (sulfide) groups is 1. The Kier molecular flexibility index (Phi) is 12.5. The lowest BCUT2D eigenvalue weighted by Gasteiger charge is -2.36. The van der Waals surface area contributed by atoms with Crippen LogP contribution in [0.1, 0.15) is 41.1 Å². The highest BCUT2D eigenvalue weighted by Gasteiger charge is 2.31. The van der Waals surface area contributed by atoms with Crippen LogP contribution in [0.25, 0.3) is 10.6 Å². The zero-order chi connectivity index (χ0) is 33.3. The molecule has 0 saturated carbocycles. The Balaban J connectivity index is 0.00000270. The molecule has 1 aromatic heterocycles. The van der Waals surface area contributed by atoms with Crippen LogP contribution in [0.5, 0.6) is 11.5 Å². The molecular weight excluding hydrogens is 718 g/mol. The van der Waals surface area contributed by atoms with Crippen LogP contribution < -0.4 is 14.4 Å². The molecule has 2 aliphatic heterocycles. The minimum absolute atomic E-state index is 0. The van der Waals surface area contributed by atoms with E-state index < -0.39 is 22.5 Å². The number of halogens is 5. The van der Waals surface area contributed by atoms with Gasteiger partial charge in [-0.2, -0.15) is 13.2 Å². The number of piperazine rings is 1. The first-order valence-corrected chi connectivity index (χ1v) is 17.0. The first kappa shape index (κ1) is 38.6. The fourth-order valence-electron chi connectivity index (χ4n) is 5.58. The lowest BCUT2D eigenvalue weighted by atomic mass is 10.1. The Hall–Kier alpha value is -3.16. The summed E-state index contributed by atoms with van der Waals surface area (Å²) in [6.45, 7) is 10.3. The van der Waals surface area contributed by atoms with Crippen LogP contribution in [0.4, 0.5) is 18.9 Å². The monoisotopic (exact) mass is 755 g/mol. The second-order valence-electron chi connectivity index (χ2n) is 12.3. The third-order valence-electron chi connectivity index (χ3n) is 8.42. The van der Waals surface area contributed by atoms with Crippen molar-refractivity contribution in [3.63, 3.8) is 0 Å². The van der Waals surface area contributed by atoms with Crippen molar-refractivity contribution in [2.24, 2.45) is 0 Å². The number of aryl methyl sites for hydroxylation is 1. The number of ether oxygens (including phenoxy) is 2. The highest BCUT2D eigenvalue weighted by Crippen LogP contribution is 2.37. The van der Waals surface area contributed by atoms with Gasteiger partial charge in [0.15, 0.2) is 0 Å². The molecule has 1 N–H and O–H groups in total. The van der Waals surface area contributed by atoms with Crippen LogP contribution in [-0.4, -0.2) is 58.5 Å². The van der Waals surface area contributed by atoms with Crippen molar-refractivity contribution in [3.8, 4) is 22.1 Å². The number of fused-ring (bicyclic) bond motifs is 1. The van der Waals surface area contributed by atoms with E-state index in [1.54, 1.807) is 13.8 Å². The van der Waals surface area contributed by atoms with Gasteiger partial charge in [0, 0.05) is 55.3 Å². The summed E-state index contributed by atoms with van der Waals surface area (Å²) in [5.74, 6) is 0.731. The molecule has 6 rings (SSSR count). The van der Waals surface area contributed by atoms with Crippen molar-refractivity contribution in [1.29, 1.82) is 0 Å². The molecule has 0 amide bonds. The van der Waals surface area contributed by atoms with Gasteiger partial charge in [-0.1, -0.05) is 12.1 Å². The molecule has 264 valence electrons. The molecule has 0 bridgehead atoms. The molecule has 0 unspecified atom stereocenters. The van der Waals surface area contributed by atoms with Gasteiger partial charge in [0.1, 0.15) is 27.9 Å². The van der Waals surface area contributed by atoms with Gasteiger partial charge in [-0.05, 0) is 80.4 Å². The number of rotatable bonds is 10. The van der Waals surface area contributed by atoms with Gasteiger partial charge in [0.05, 0.1) is 22.7 Å². The van der Waals surface area contributed by atoms with E-state index in [1.165, 1.54) is 46.5 Å². The number of benzene rings is 3. The summed E-state index contributed by atoms with van der Waals surface area (Å²) in [4.78, 5) is 23.0. The first-order chi connectivity index (χ1) is 22.4. The lowest BCUT2D eigenvalue weighted by Crippen LogP contribution is -2.46. The molecule has 1 saturated heterocycles. The number of nitrogens with zero attached hydrogens (tertiary/aromatic N) is 3. The van der Waals surface area contributed by atoms with Crippen molar-refractivity contribution in [3.05, 3.63) is 87.9 Å². The van der Waals surface area contributed by atoms with E-state index in [0.29, 0.717) is 22.9 Å². The Labute approximate surface area is 304 Å². The van der Waals surface area contributed by atoms with E-state index in [-0.39, 0.29) is 31.4 Å². The Morgan fingerprint density at radius 3 is 2.39 bits per heavy atom. The van der Waals surface area contributed by atoms with E-state index in [0.717, 1.165) is 78.1 Å². The number of carboxylic acid groups (broad SMARTS) is 1. The van der Waals surface area contributed by atoms with Crippen molar-refractivity contribution in [2.45, 2.75) is 56.2 Å². The third kappa shape index (κ3) is 9.15. The van der Waals surface area contributed by atoms with E-state index in [1.807, 2.05) is 25.1 Å². The number of hydrogen-bond donors (Lipinski definition) is 1. The quantitative estimate of drug-likeness (QED) is 0.161. The van der Waals surface area contributed by atoms with E-state index >= 15 is 0 Å². The van der Waals surface area contributed by atoms with Crippen LogP contribution in [0.15, 0.2) is 65.6 Å². The zero-order valence-electron chi connectivity index (χ0n) is 27.2. The van der Waals surface area contributed by atoms with Gasteiger partial charge in [-0.15, -0.1) is 47.9 Å². The molecule has 14 heteroatoms. The minimum Gasteiger partial charge on any atom is -0.493 e. The maximum absolute atomic E-state index is 13.2. The first-order valence-electron chi connectivity index (χ1n) is 15.4. The van der Waals surface area contributed by atoms with Gasteiger partial charge < -0.3 is 19.5 Å². The summed E-state index contributed by atoms with van der Waals surface area (Å²) < 4.78 is 50.5. The molecule has 3 heterocycles. The number of aromatic nitrogens is 1. The molecule has 2 aliphatic rings. The fraction of sp³-hybridized carbons (Fsp3) is 0.371. The van der Waals surface area contributed by atoms with Gasteiger partial charge in [-0.25, -0.2) is 4.98 Å². The van der Waals surface area contributed by atoms with Crippen LogP contribution in [0.3, 0.4) is 0 Å². The third-order valence-corrected chi connectivity index (χ3v) is 10.9. The molecule has 4 aromatic rings. The van der Waals surface area contributed by atoms with E-state index in [9.17, 15) is 23.1 Å². The van der Waals surface area contributed by atoms with Crippen molar-refractivity contribution in [2.75, 3.05) is 37.7 Å². The largest absolute Gasteiger partial charge is 0.493 e. The second-order valence-corrected chi connectivity index (χ2v) is 15.0. The highest BCUT2D eigenvalue weighted by molar-refractivity contribution is 8.01. The molecule has 49 heavy (non-hydrogen) atoms. The molecular formula is C35H38Cl2F3N3O4S2. The predicted octanol–water partition coefficient (Wildman–Crippen LogP) is 8.77. The summed E-state index contributed by atoms with van der Waals surface area (Å²) in [5.41, 5.74) is 4.14. The summed E-state index contributed by atoms with van der Waals surface area (Å²) in [5, 5.41) is 10.2. The van der Waals surface area contributed by atoms with Gasteiger partial charge in [-0.3, -0.25) is 9.69 Å². The SMILES string of the molecule is Cc1cc(OCc2sc(-c3ccc(C(F)(F)F)cc3)nc2CN2CCN(c3ccc4c(c3)CCO4)CC2)ccc1SC(C)(C)C(=O)O.Cl.Cl. The van der Waals surface area contributed by atoms with Crippen molar-refractivity contribution >= 4 is 59.6 Å². The normalized spacial score (nSPS) is 14.8. The van der Waals surface area contributed by atoms with Crippen LogP contribution >= 0.6 is 47.9 Å². The maximum Gasteiger partial charge on any atom is 0.416 e. The lowest BCUT2D eigenvalue weighted by molar-refractivity contribution is -0.139. The zero-order valence-corrected chi connectivity index (χ0v) is 30.5. The van der Waals surface area contributed by atoms with Crippen molar-refractivity contribution < 1.29 is 32.5 Å². The van der Waals surface area contributed by atoms with Gasteiger partial charge in [0.2, 0.25) is 0 Å². The Bertz CT molecular complexity index is 1760. The van der Waals surface area contributed by atoms with Gasteiger partial charge >= 0.3 is 12.1 Å². The summed E-state index contributed by atoms with van der Waals surface area (Å²) >= 11 is 2.71. The average molecular weight is 757 g/mol. The number of thiazole rings is 1. The highest BCUT2D eigenvalue weighted by atomic mass is 35.5. The van der Waals surface area contributed by atoms with Crippen LogP contribution in [0, 0.1) is 6.92 Å². The Morgan fingerprint density at radius 1 is 1.02 bits per heavy atom. The molecule has 0 radical (unpaired) electrons. The number of alkyl halides is 3. The van der Waals surface area contributed by atoms with Crippen LogP contribution in [0.2, 0.25) is 0 Å². The molecule has 7 nitrogen and oxygen atoms in total. The van der Waals surface area contributed by atoms with E-state index in [4.69, 9.17) is 14.5 Å². The smallest absolute Gasteiger partial charge is 0.416 e. The number of carboxylic acids is 1. The molecule has 3 aromatic carbocycles. The van der Waals surface area contributed by atoms with Gasteiger partial charge in [0.25, 0.3) is 0 Å². The number of carbonyl (C=O) groups is 1. The summed E-state index contributed by atoms with van der Waals surface area (Å²) in [6, 6.07) is 17.1. The molecule has 0 spiro atoms. The molecule has 0 atom stereocenters. The number of hydrogen-bond acceptors (Lipinski definition) is 8. The molecule has 0 aliphatic carbocycles. The molecule has 1 fully saturated rings. The Morgan fingerprint density at radius 2 is 1.73 bits per heavy atom.